The summed E-state index contributed by atoms with van der Waals surface area (Å²) in [6.07, 6.45) is -0.673. The van der Waals surface area contributed by atoms with Crippen LogP contribution in [-0.2, 0) is 9.59 Å². The summed E-state index contributed by atoms with van der Waals surface area (Å²) in [5.74, 6) is -2.58. The summed E-state index contributed by atoms with van der Waals surface area (Å²) in [6.45, 7) is 17.9. The van der Waals surface area contributed by atoms with Gasteiger partial charge in [0.1, 0.15) is 11.5 Å². The number of benzene rings is 4. The van der Waals surface area contributed by atoms with E-state index in [1.165, 1.54) is 24.3 Å². The third-order valence-electron chi connectivity index (χ3n) is 9.84. The summed E-state index contributed by atoms with van der Waals surface area (Å²) in [5, 5.41) is 41.8. The molecule has 0 fully saturated rings. The summed E-state index contributed by atoms with van der Waals surface area (Å²) in [6, 6.07) is 33.1. The highest BCUT2D eigenvalue weighted by Gasteiger charge is 2.35. The number of hydrogen-bond donors (Lipinski definition) is 2. The van der Waals surface area contributed by atoms with E-state index in [1.807, 2.05) is 72.8 Å². The second kappa shape index (κ2) is 21.0. The molecule has 0 heterocycles. The Balaban J connectivity index is 1.67. The van der Waals surface area contributed by atoms with Gasteiger partial charge in [-0.3, -0.25) is 9.80 Å². The van der Waals surface area contributed by atoms with Crippen molar-refractivity contribution in [1.82, 2.24) is 9.80 Å². The van der Waals surface area contributed by atoms with Crippen molar-refractivity contribution in [1.29, 1.82) is 10.5 Å². The standard InChI is InChI=1S/C48H54N4O6/c1-31(2)51(32(3)4)25-23-39(37-15-11-9-12-16-37)41-27-35(29-49)19-21-43(41)57-47(55)45(53)46(54)48(56)58-44-22-20-36(30-50)28-42(44)40(38-17-13-10-14-18-38)24-26-52(33(5)6)34(7)8/h9-24,27-28,31-34,45-46,53-54H,25-26H2,1-8H3. The van der Waals surface area contributed by atoms with Gasteiger partial charge in [0.25, 0.3) is 0 Å². The Hall–Kier alpha value is -5.88. The Morgan fingerprint density at radius 2 is 0.897 bits per heavy atom. The van der Waals surface area contributed by atoms with E-state index in [0.29, 0.717) is 46.5 Å². The van der Waals surface area contributed by atoms with Gasteiger partial charge >= 0.3 is 11.9 Å². The van der Waals surface area contributed by atoms with Crippen LogP contribution >= 0.6 is 0 Å². The molecule has 0 aliphatic heterocycles. The Kier molecular flexibility index (Phi) is 16.3. The van der Waals surface area contributed by atoms with Gasteiger partial charge in [-0.15, -0.1) is 0 Å². The summed E-state index contributed by atoms with van der Waals surface area (Å²) in [5.41, 5.74) is 4.41. The van der Waals surface area contributed by atoms with Crippen LogP contribution in [0, 0.1) is 22.7 Å². The monoisotopic (exact) mass is 782 g/mol. The average molecular weight is 783 g/mol. The Labute approximate surface area is 342 Å². The fraction of sp³-hybridized carbons (Fsp3) is 0.333. The van der Waals surface area contributed by atoms with Crippen molar-refractivity contribution in [2.75, 3.05) is 13.1 Å². The largest absolute Gasteiger partial charge is 0.424 e. The average Bonchev–Trinajstić information content (AvgIpc) is 3.21. The van der Waals surface area contributed by atoms with Crippen molar-refractivity contribution < 1.29 is 29.3 Å². The lowest BCUT2D eigenvalue weighted by Crippen LogP contribution is -2.44. The van der Waals surface area contributed by atoms with Crippen LogP contribution in [0.15, 0.2) is 109 Å². The molecule has 58 heavy (non-hydrogen) atoms. The minimum absolute atomic E-state index is 0.0169. The lowest BCUT2D eigenvalue weighted by atomic mass is 9.95. The van der Waals surface area contributed by atoms with Crippen LogP contribution in [-0.4, -0.2) is 81.4 Å². The van der Waals surface area contributed by atoms with Crippen LogP contribution in [0.1, 0.15) is 88.8 Å². The molecule has 4 aromatic rings. The SMILES string of the molecule is CC(C)N(CC=C(c1ccccc1)c1cc(C#N)ccc1OC(=O)C(O)C(O)C(=O)Oc1ccc(C#N)cc1C(=CCN(C(C)C)C(C)C)c1ccccc1)C(C)C. The first kappa shape index (κ1) is 44.8. The highest BCUT2D eigenvalue weighted by Crippen LogP contribution is 2.35. The van der Waals surface area contributed by atoms with E-state index in [4.69, 9.17) is 9.47 Å². The smallest absolute Gasteiger partial charge is 0.343 e. The van der Waals surface area contributed by atoms with Crippen molar-refractivity contribution in [3.63, 3.8) is 0 Å². The summed E-state index contributed by atoms with van der Waals surface area (Å²) in [7, 11) is 0. The third-order valence-corrected chi connectivity index (χ3v) is 9.84. The van der Waals surface area contributed by atoms with E-state index in [2.05, 4.69) is 77.3 Å². The topological polar surface area (TPSA) is 147 Å². The molecule has 10 nitrogen and oxygen atoms in total. The number of nitriles is 2. The predicted octanol–water partition coefficient (Wildman–Crippen LogP) is 7.76. The van der Waals surface area contributed by atoms with Gasteiger partial charge in [0, 0.05) is 48.4 Å². The highest BCUT2D eigenvalue weighted by atomic mass is 16.6. The lowest BCUT2D eigenvalue weighted by molar-refractivity contribution is -0.162. The van der Waals surface area contributed by atoms with Gasteiger partial charge in [0.2, 0.25) is 0 Å². The molecule has 0 amide bonds. The van der Waals surface area contributed by atoms with Gasteiger partial charge in [-0.1, -0.05) is 72.8 Å². The molecular formula is C48H54N4O6. The molecule has 0 aliphatic carbocycles. The zero-order valence-electron chi connectivity index (χ0n) is 34.6. The molecule has 0 radical (unpaired) electrons. The number of esters is 2. The van der Waals surface area contributed by atoms with Gasteiger partial charge < -0.3 is 19.7 Å². The number of aliphatic hydroxyl groups excluding tert-OH is 2. The van der Waals surface area contributed by atoms with Crippen LogP contribution in [0.5, 0.6) is 11.5 Å². The molecule has 4 aromatic carbocycles. The number of aliphatic hydroxyl groups is 2. The van der Waals surface area contributed by atoms with Gasteiger partial charge in [-0.25, -0.2) is 9.59 Å². The number of ether oxygens (including phenoxy) is 2. The number of carbonyl (C=O) groups is 2. The molecule has 0 aromatic heterocycles. The van der Waals surface area contributed by atoms with E-state index in [-0.39, 0.29) is 35.7 Å². The molecule has 0 saturated heterocycles. The van der Waals surface area contributed by atoms with Crippen molar-refractivity contribution in [2.45, 2.75) is 91.8 Å². The minimum atomic E-state index is -2.34. The zero-order valence-corrected chi connectivity index (χ0v) is 34.6. The van der Waals surface area contributed by atoms with E-state index < -0.39 is 24.1 Å². The molecule has 2 N–H and O–H groups in total. The molecule has 2 unspecified atom stereocenters. The van der Waals surface area contributed by atoms with Crippen molar-refractivity contribution in [3.8, 4) is 23.6 Å². The Morgan fingerprint density at radius 1 is 0.569 bits per heavy atom. The van der Waals surface area contributed by atoms with Crippen LogP contribution in [0.2, 0.25) is 0 Å². The number of rotatable bonds is 17. The van der Waals surface area contributed by atoms with Crippen molar-refractivity contribution >= 4 is 23.1 Å². The number of nitrogens with zero attached hydrogens (tertiary/aromatic N) is 4. The minimum Gasteiger partial charge on any atom is -0.424 e. The summed E-state index contributed by atoms with van der Waals surface area (Å²) in [4.78, 5) is 31.6. The van der Waals surface area contributed by atoms with Gasteiger partial charge in [-0.05, 0) is 114 Å². The van der Waals surface area contributed by atoms with Crippen molar-refractivity contribution in [2.24, 2.45) is 0 Å². The van der Waals surface area contributed by atoms with E-state index in [1.54, 1.807) is 12.1 Å². The zero-order chi connectivity index (χ0) is 42.5. The molecule has 4 rings (SSSR count). The molecule has 0 spiro atoms. The molecular weight excluding hydrogens is 729 g/mol. The quantitative estimate of drug-likeness (QED) is 0.0805. The first-order valence-electron chi connectivity index (χ1n) is 19.6. The van der Waals surface area contributed by atoms with E-state index >= 15 is 0 Å². The molecule has 0 saturated carbocycles. The third kappa shape index (κ3) is 11.6. The second-order valence-electron chi connectivity index (χ2n) is 15.1. The summed E-state index contributed by atoms with van der Waals surface area (Å²) < 4.78 is 11.4. The Morgan fingerprint density at radius 3 is 1.19 bits per heavy atom. The van der Waals surface area contributed by atoms with Crippen molar-refractivity contribution in [3.05, 3.63) is 143 Å². The van der Waals surface area contributed by atoms with Crippen LogP contribution < -0.4 is 9.47 Å². The first-order chi connectivity index (χ1) is 27.7. The molecule has 302 valence electrons. The van der Waals surface area contributed by atoms with E-state index in [0.717, 1.165) is 11.1 Å². The predicted molar refractivity (Wildman–Crippen MR) is 227 cm³/mol. The molecule has 2 atom stereocenters. The highest BCUT2D eigenvalue weighted by molar-refractivity contribution is 5.91. The number of hydrogen-bond acceptors (Lipinski definition) is 10. The van der Waals surface area contributed by atoms with Gasteiger partial charge in [-0.2, -0.15) is 10.5 Å². The lowest BCUT2D eigenvalue weighted by Gasteiger charge is -2.29. The van der Waals surface area contributed by atoms with Crippen LogP contribution in [0.3, 0.4) is 0 Å². The van der Waals surface area contributed by atoms with Gasteiger partial charge in [0.15, 0.2) is 12.2 Å². The maximum atomic E-state index is 13.5. The summed E-state index contributed by atoms with van der Waals surface area (Å²) >= 11 is 0. The fourth-order valence-electron chi connectivity index (χ4n) is 6.82. The van der Waals surface area contributed by atoms with Gasteiger partial charge in [0.05, 0.1) is 23.3 Å². The van der Waals surface area contributed by atoms with E-state index in [9.17, 15) is 30.3 Å². The fourth-order valence-corrected chi connectivity index (χ4v) is 6.82. The maximum absolute atomic E-state index is 13.5. The molecule has 0 aliphatic rings. The first-order valence-corrected chi connectivity index (χ1v) is 19.6. The normalized spacial score (nSPS) is 13.2. The van der Waals surface area contributed by atoms with Crippen LogP contribution in [0.25, 0.3) is 11.1 Å². The second-order valence-corrected chi connectivity index (χ2v) is 15.1. The molecule has 0 bridgehead atoms. The maximum Gasteiger partial charge on any atom is 0.343 e. The van der Waals surface area contributed by atoms with Crippen LogP contribution in [0.4, 0.5) is 0 Å². The molecule has 10 heteroatoms. The number of carbonyl (C=O) groups excluding carboxylic acids is 2. The Bertz CT molecular complexity index is 1990.